The smallest absolute Gasteiger partial charge is 0.250 e. The van der Waals surface area contributed by atoms with E-state index in [1.165, 1.54) is 5.56 Å². The molecule has 0 atom stereocenters. The van der Waals surface area contributed by atoms with Crippen LogP contribution in [0.3, 0.4) is 0 Å². The van der Waals surface area contributed by atoms with Crippen molar-refractivity contribution < 1.29 is 4.79 Å². The Kier molecular flexibility index (Phi) is 6.50. The van der Waals surface area contributed by atoms with E-state index in [0.29, 0.717) is 5.75 Å². The van der Waals surface area contributed by atoms with Crippen molar-refractivity contribution in [1.82, 2.24) is 5.43 Å². The van der Waals surface area contributed by atoms with Crippen LogP contribution in [0.15, 0.2) is 64.2 Å². The largest absolute Gasteiger partial charge is 0.272 e. The summed E-state index contributed by atoms with van der Waals surface area (Å²) in [5.74, 6) is 1.13. The van der Waals surface area contributed by atoms with Gasteiger partial charge in [-0.25, -0.2) is 5.43 Å². The van der Waals surface area contributed by atoms with Crippen LogP contribution in [0.25, 0.3) is 0 Å². The first-order chi connectivity index (χ1) is 10.2. The zero-order valence-corrected chi connectivity index (χ0v) is 13.7. The maximum Gasteiger partial charge on any atom is 0.250 e. The number of rotatable bonds is 6. The van der Waals surface area contributed by atoms with Gasteiger partial charge in [0.25, 0.3) is 0 Å². The summed E-state index contributed by atoms with van der Waals surface area (Å²) in [5, 5.41) is 3.94. The molecule has 0 aromatic heterocycles. The van der Waals surface area contributed by atoms with Gasteiger partial charge in [0.2, 0.25) is 5.91 Å². The van der Waals surface area contributed by atoms with E-state index in [4.69, 9.17) is 0 Å². The monoisotopic (exact) mass is 362 g/mol. The first kappa shape index (κ1) is 15.8. The van der Waals surface area contributed by atoms with E-state index in [1.54, 1.807) is 18.0 Å². The molecular formula is C16H15BrN2OS. The van der Waals surface area contributed by atoms with Crippen LogP contribution in [0.1, 0.15) is 11.1 Å². The number of carbonyl (C=O) groups excluding carboxylic acids is 1. The molecule has 0 bridgehead atoms. The molecule has 1 amide bonds. The lowest BCUT2D eigenvalue weighted by atomic mass is 10.2. The van der Waals surface area contributed by atoms with Crippen LogP contribution in [0.2, 0.25) is 0 Å². The molecule has 21 heavy (non-hydrogen) atoms. The summed E-state index contributed by atoms with van der Waals surface area (Å²) in [5.41, 5.74) is 4.69. The first-order valence-electron chi connectivity index (χ1n) is 6.43. The number of amides is 1. The lowest BCUT2D eigenvalue weighted by molar-refractivity contribution is -0.118. The van der Waals surface area contributed by atoms with Crippen LogP contribution in [0.4, 0.5) is 0 Å². The molecule has 0 saturated carbocycles. The standard InChI is InChI=1S/C16H15BrN2OS/c17-15-8-6-13(7-9-15)10-18-19-16(20)12-21-11-14-4-2-1-3-5-14/h1-10H,11-12H2,(H,19,20). The molecular weight excluding hydrogens is 348 g/mol. The molecule has 0 aliphatic rings. The van der Waals surface area contributed by atoms with Gasteiger partial charge in [0.05, 0.1) is 12.0 Å². The zero-order valence-electron chi connectivity index (χ0n) is 11.3. The van der Waals surface area contributed by atoms with Crippen LogP contribution in [0.5, 0.6) is 0 Å². The van der Waals surface area contributed by atoms with Gasteiger partial charge in [0.15, 0.2) is 0 Å². The fraction of sp³-hybridized carbons (Fsp3) is 0.125. The van der Waals surface area contributed by atoms with Gasteiger partial charge in [-0.1, -0.05) is 58.4 Å². The SMILES string of the molecule is O=C(CSCc1ccccc1)NN=Cc1ccc(Br)cc1. The van der Waals surface area contributed by atoms with E-state index in [9.17, 15) is 4.79 Å². The summed E-state index contributed by atoms with van der Waals surface area (Å²) in [4.78, 5) is 11.6. The third kappa shape index (κ3) is 6.14. The molecule has 1 N–H and O–H groups in total. The number of thioether (sulfide) groups is 1. The van der Waals surface area contributed by atoms with Crippen LogP contribution in [0, 0.1) is 0 Å². The quantitative estimate of drug-likeness (QED) is 0.626. The average molecular weight is 363 g/mol. The second kappa shape index (κ2) is 8.64. The summed E-state index contributed by atoms with van der Waals surface area (Å²) >= 11 is 4.94. The van der Waals surface area contributed by atoms with Crippen molar-refractivity contribution in [3.05, 3.63) is 70.2 Å². The molecule has 108 valence electrons. The molecule has 3 nitrogen and oxygen atoms in total. The second-order valence-corrected chi connectivity index (χ2v) is 6.22. The lowest BCUT2D eigenvalue weighted by Crippen LogP contribution is -2.19. The first-order valence-corrected chi connectivity index (χ1v) is 8.38. The van der Waals surface area contributed by atoms with Crippen molar-refractivity contribution >= 4 is 39.8 Å². The lowest BCUT2D eigenvalue weighted by Gasteiger charge is -2.01. The molecule has 2 aromatic carbocycles. The van der Waals surface area contributed by atoms with Gasteiger partial charge in [0.1, 0.15) is 0 Å². The number of hydrogen-bond acceptors (Lipinski definition) is 3. The topological polar surface area (TPSA) is 41.5 Å². The van der Waals surface area contributed by atoms with Gasteiger partial charge in [-0.15, -0.1) is 11.8 Å². The van der Waals surface area contributed by atoms with E-state index < -0.39 is 0 Å². The summed E-state index contributed by atoms with van der Waals surface area (Å²) in [7, 11) is 0. The van der Waals surface area contributed by atoms with Crippen LogP contribution >= 0.6 is 27.7 Å². The van der Waals surface area contributed by atoms with Crippen LogP contribution < -0.4 is 5.43 Å². The van der Waals surface area contributed by atoms with Gasteiger partial charge in [-0.05, 0) is 23.3 Å². The van der Waals surface area contributed by atoms with Crippen LogP contribution in [-0.2, 0) is 10.5 Å². The van der Waals surface area contributed by atoms with E-state index in [0.717, 1.165) is 15.8 Å². The Bertz CT molecular complexity index is 599. The predicted molar refractivity (Wildman–Crippen MR) is 92.5 cm³/mol. The molecule has 0 unspecified atom stereocenters. The Hall–Kier alpha value is -1.59. The fourth-order valence-electron chi connectivity index (χ4n) is 1.60. The van der Waals surface area contributed by atoms with Crippen molar-refractivity contribution in [2.75, 3.05) is 5.75 Å². The van der Waals surface area contributed by atoms with E-state index in [2.05, 4.69) is 38.6 Å². The minimum atomic E-state index is -0.0932. The molecule has 0 radical (unpaired) electrons. The van der Waals surface area contributed by atoms with Gasteiger partial charge in [-0.2, -0.15) is 5.10 Å². The van der Waals surface area contributed by atoms with Gasteiger partial charge in [-0.3, -0.25) is 4.79 Å². The predicted octanol–water partition coefficient (Wildman–Crippen LogP) is 3.83. The molecule has 2 rings (SSSR count). The molecule has 0 aliphatic heterocycles. The molecule has 2 aromatic rings. The Morgan fingerprint density at radius 3 is 2.57 bits per heavy atom. The number of hydrazone groups is 1. The van der Waals surface area contributed by atoms with Crippen molar-refractivity contribution in [2.45, 2.75) is 5.75 Å². The van der Waals surface area contributed by atoms with E-state index >= 15 is 0 Å². The third-order valence-corrected chi connectivity index (χ3v) is 4.15. The minimum Gasteiger partial charge on any atom is -0.272 e. The fourth-order valence-corrected chi connectivity index (χ4v) is 2.64. The summed E-state index contributed by atoms with van der Waals surface area (Å²) in [6.07, 6.45) is 1.63. The second-order valence-electron chi connectivity index (χ2n) is 4.32. The molecule has 5 heteroatoms. The third-order valence-electron chi connectivity index (χ3n) is 2.62. The highest BCUT2D eigenvalue weighted by Gasteiger charge is 2.00. The zero-order chi connectivity index (χ0) is 14.9. The molecule has 0 saturated heterocycles. The average Bonchev–Trinajstić information content (AvgIpc) is 2.50. The molecule has 0 heterocycles. The van der Waals surface area contributed by atoms with Gasteiger partial charge < -0.3 is 0 Å². The van der Waals surface area contributed by atoms with E-state index in [1.807, 2.05) is 42.5 Å². The highest BCUT2D eigenvalue weighted by Crippen LogP contribution is 2.11. The molecule has 0 fully saturated rings. The number of nitrogens with one attached hydrogen (secondary N) is 1. The minimum absolute atomic E-state index is 0.0932. The number of hydrogen-bond donors (Lipinski definition) is 1. The molecule has 0 aliphatic carbocycles. The molecule has 0 spiro atoms. The maximum atomic E-state index is 11.6. The Morgan fingerprint density at radius 1 is 1.14 bits per heavy atom. The highest BCUT2D eigenvalue weighted by molar-refractivity contribution is 9.10. The van der Waals surface area contributed by atoms with Crippen molar-refractivity contribution in [1.29, 1.82) is 0 Å². The van der Waals surface area contributed by atoms with E-state index in [-0.39, 0.29) is 5.91 Å². The Morgan fingerprint density at radius 2 is 1.86 bits per heavy atom. The normalized spacial score (nSPS) is 10.7. The Balaban J connectivity index is 1.69. The van der Waals surface area contributed by atoms with Gasteiger partial charge >= 0.3 is 0 Å². The number of nitrogens with zero attached hydrogens (tertiary/aromatic N) is 1. The van der Waals surface area contributed by atoms with Crippen LogP contribution in [-0.4, -0.2) is 17.9 Å². The number of carbonyl (C=O) groups is 1. The Labute approximate surface area is 137 Å². The van der Waals surface area contributed by atoms with Crippen molar-refractivity contribution in [2.24, 2.45) is 5.10 Å². The number of benzene rings is 2. The number of halogens is 1. The van der Waals surface area contributed by atoms with Crippen molar-refractivity contribution in [3.63, 3.8) is 0 Å². The highest BCUT2D eigenvalue weighted by atomic mass is 79.9. The summed E-state index contributed by atoms with van der Waals surface area (Å²) in [6.45, 7) is 0. The summed E-state index contributed by atoms with van der Waals surface area (Å²) < 4.78 is 1.01. The maximum absolute atomic E-state index is 11.6. The van der Waals surface area contributed by atoms with Crippen molar-refractivity contribution in [3.8, 4) is 0 Å². The van der Waals surface area contributed by atoms with Gasteiger partial charge in [0, 0.05) is 10.2 Å². The summed E-state index contributed by atoms with van der Waals surface area (Å²) in [6, 6.07) is 17.8.